The van der Waals surface area contributed by atoms with Crippen molar-refractivity contribution >= 4 is 27.5 Å². The quantitative estimate of drug-likeness (QED) is 0.817. The summed E-state index contributed by atoms with van der Waals surface area (Å²) < 4.78 is 6.97. The number of benzene rings is 1. The average molecular weight is 333 g/mol. The number of nitrogens with one attached hydrogen (secondary N) is 1. The summed E-state index contributed by atoms with van der Waals surface area (Å²) in [5.74, 6) is 0.534. The molecule has 4 heteroatoms. The minimum atomic E-state index is 0.155. The number of hydrogen-bond donors (Lipinski definition) is 1. The van der Waals surface area contributed by atoms with E-state index in [0.29, 0.717) is 5.92 Å². The van der Waals surface area contributed by atoms with Crippen LogP contribution in [-0.2, 0) is 4.74 Å². The zero-order valence-corrected chi connectivity index (χ0v) is 12.9. The van der Waals surface area contributed by atoms with Gasteiger partial charge in [-0.05, 0) is 43.1 Å². The number of ether oxygens (including phenoxy) is 1. The van der Waals surface area contributed by atoms with E-state index in [-0.39, 0.29) is 6.10 Å². The Kier molecular flexibility index (Phi) is 5.49. The molecule has 0 aromatic heterocycles. The largest absolute Gasteiger partial charge is 0.373 e. The van der Waals surface area contributed by atoms with Crippen LogP contribution >= 0.6 is 27.5 Å². The first-order valence-electron chi connectivity index (χ1n) is 6.49. The Balaban J connectivity index is 2.08. The molecule has 18 heavy (non-hydrogen) atoms. The Labute approximate surface area is 122 Å². The highest BCUT2D eigenvalue weighted by molar-refractivity contribution is 9.10. The van der Waals surface area contributed by atoms with Crippen LogP contribution in [0.25, 0.3) is 0 Å². The molecule has 0 spiro atoms. The van der Waals surface area contributed by atoms with Crippen molar-refractivity contribution in [2.24, 2.45) is 5.92 Å². The molecule has 2 atom stereocenters. The molecule has 1 fully saturated rings. The highest BCUT2D eigenvalue weighted by Gasteiger charge is 2.30. The zero-order valence-electron chi connectivity index (χ0n) is 10.6. The molecule has 2 nitrogen and oxygen atoms in total. The standard InChI is InChI=1S/C14H19BrClNO/c1-2-6-17-9-10-5-7-18-14(10)12-8-11(16)3-4-13(12)15/h3-4,8,10,14,17H,2,5-7,9H2,1H3. The third-order valence-electron chi connectivity index (χ3n) is 3.31. The summed E-state index contributed by atoms with van der Waals surface area (Å²) in [5.41, 5.74) is 1.17. The van der Waals surface area contributed by atoms with E-state index in [9.17, 15) is 0 Å². The fourth-order valence-electron chi connectivity index (χ4n) is 2.38. The Bertz CT molecular complexity index is 399. The first kappa shape index (κ1) is 14.3. The van der Waals surface area contributed by atoms with Gasteiger partial charge in [-0.3, -0.25) is 0 Å². The van der Waals surface area contributed by atoms with E-state index in [1.54, 1.807) is 0 Å². The van der Waals surface area contributed by atoms with Gasteiger partial charge < -0.3 is 10.1 Å². The van der Waals surface area contributed by atoms with Gasteiger partial charge in [0.25, 0.3) is 0 Å². The molecular weight excluding hydrogens is 314 g/mol. The van der Waals surface area contributed by atoms with Crippen molar-refractivity contribution in [3.05, 3.63) is 33.3 Å². The van der Waals surface area contributed by atoms with E-state index in [0.717, 1.165) is 35.6 Å². The minimum absolute atomic E-state index is 0.155. The van der Waals surface area contributed by atoms with Gasteiger partial charge in [0.15, 0.2) is 0 Å². The fraction of sp³-hybridized carbons (Fsp3) is 0.571. The van der Waals surface area contributed by atoms with Crippen molar-refractivity contribution in [3.8, 4) is 0 Å². The van der Waals surface area contributed by atoms with Crippen LogP contribution in [0.2, 0.25) is 5.02 Å². The smallest absolute Gasteiger partial charge is 0.0877 e. The van der Waals surface area contributed by atoms with E-state index in [2.05, 4.69) is 28.2 Å². The molecule has 0 amide bonds. The molecule has 2 unspecified atom stereocenters. The zero-order chi connectivity index (χ0) is 13.0. The normalized spacial score (nSPS) is 23.5. The van der Waals surface area contributed by atoms with Crippen molar-refractivity contribution in [2.45, 2.75) is 25.9 Å². The van der Waals surface area contributed by atoms with Gasteiger partial charge in [0.2, 0.25) is 0 Å². The maximum Gasteiger partial charge on any atom is 0.0877 e. The van der Waals surface area contributed by atoms with Crippen molar-refractivity contribution in [1.29, 1.82) is 0 Å². The summed E-state index contributed by atoms with van der Waals surface area (Å²) in [6.45, 7) is 5.10. The molecule has 1 aromatic rings. The van der Waals surface area contributed by atoms with Crippen LogP contribution in [0.1, 0.15) is 31.4 Å². The van der Waals surface area contributed by atoms with Crippen LogP contribution in [0, 0.1) is 5.92 Å². The summed E-state index contributed by atoms with van der Waals surface area (Å²) in [6, 6.07) is 5.90. The second-order valence-electron chi connectivity index (χ2n) is 4.71. The number of halogens is 2. The predicted molar refractivity (Wildman–Crippen MR) is 79.1 cm³/mol. The summed E-state index contributed by atoms with van der Waals surface area (Å²) >= 11 is 9.67. The molecule has 1 aliphatic rings. The van der Waals surface area contributed by atoms with Crippen LogP contribution < -0.4 is 5.32 Å². The lowest BCUT2D eigenvalue weighted by Crippen LogP contribution is -2.25. The molecule has 0 bridgehead atoms. The van der Waals surface area contributed by atoms with E-state index in [1.165, 1.54) is 12.0 Å². The molecule has 1 heterocycles. The summed E-state index contributed by atoms with van der Waals surface area (Å²) in [4.78, 5) is 0. The van der Waals surface area contributed by atoms with Crippen LogP contribution in [0.4, 0.5) is 0 Å². The molecule has 0 saturated carbocycles. The van der Waals surface area contributed by atoms with Crippen molar-refractivity contribution in [2.75, 3.05) is 19.7 Å². The van der Waals surface area contributed by atoms with Crippen LogP contribution in [-0.4, -0.2) is 19.7 Å². The van der Waals surface area contributed by atoms with E-state index in [4.69, 9.17) is 16.3 Å². The van der Waals surface area contributed by atoms with Crippen LogP contribution in [0.5, 0.6) is 0 Å². The Hall–Kier alpha value is -0.0900. The SMILES string of the molecule is CCCNCC1CCOC1c1cc(Cl)ccc1Br. The van der Waals surface area contributed by atoms with Crippen LogP contribution in [0.15, 0.2) is 22.7 Å². The van der Waals surface area contributed by atoms with Gasteiger partial charge in [-0.1, -0.05) is 34.5 Å². The van der Waals surface area contributed by atoms with Gasteiger partial charge in [0, 0.05) is 28.6 Å². The van der Waals surface area contributed by atoms with Gasteiger partial charge >= 0.3 is 0 Å². The number of hydrogen-bond acceptors (Lipinski definition) is 2. The lowest BCUT2D eigenvalue weighted by molar-refractivity contribution is 0.0900. The van der Waals surface area contributed by atoms with E-state index < -0.39 is 0 Å². The maximum atomic E-state index is 6.08. The molecule has 100 valence electrons. The molecule has 0 aliphatic carbocycles. The molecular formula is C14H19BrClNO. The maximum absolute atomic E-state index is 6.08. The second kappa shape index (κ2) is 6.90. The summed E-state index contributed by atoms with van der Waals surface area (Å²) in [7, 11) is 0. The topological polar surface area (TPSA) is 21.3 Å². The number of rotatable bonds is 5. The molecule has 0 radical (unpaired) electrons. The first-order valence-corrected chi connectivity index (χ1v) is 7.66. The van der Waals surface area contributed by atoms with Crippen molar-refractivity contribution in [3.63, 3.8) is 0 Å². The minimum Gasteiger partial charge on any atom is -0.373 e. The van der Waals surface area contributed by atoms with E-state index in [1.807, 2.05) is 18.2 Å². The Morgan fingerprint density at radius 3 is 3.11 bits per heavy atom. The van der Waals surface area contributed by atoms with Gasteiger partial charge in [0.1, 0.15) is 0 Å². The monoisotopic (exact) mass is 331 g/mol. The van der Waals surface area contributed by atoms with Gasteiger partial charge in [-0.15, -0.1) is 0 Å². The lowest BCUT2D eigenvalue weighted by Gasteiger charge is -2.20. The fourth-order valence-corrected chi connectivity index (χ4v) is 3.04. The lowest BCUT2D eigenvalue weighted by atomic mass is 9.95. The van der Waals surface area contributed by atoms with Crippen LogP contribution in [0.3, 0.4) is 0 Å². The van der Waals surface area contributed by atoms with Gasteiger partial charge in [0.05, 0.1) is 6.10 Å². The van der Waals surface area contributed by atoms with Gasteiger partial charge in [-0.2, -0.15) is 0 Å². The molecule has 1 saturated heterocycles. The highest BCUT2D eigenvalue weighted by Crippen LogP contribution is 2.38. The average Bonchev–Trinajstić information content (AvgIpc) is 2.81. The Morgan fingerprint density at radius 1 is 1.50 bits per heavy atom. The molecule has 1 aromatic carbocycles. The van der Waals surface area contributed by atoms with E-state index >= 15 is 0 Å². The first-order chi connectivity index (χ1) is 8.72. The molecule has 2 rings (SSSR count). The van der Waals surface area contributed by atoms with Crippen molar-refractivity contribution < 1.29 is 4.74 Å². The summed E-state index contributed by atoms with van der Waals surface area (Å²) in [6.07, 6.45) is 2.43. The highest BCUT2D eigenvalue weighted by atomic mass is 79.9. The predicted octanol–water partition coefficient (Wildman–Crippen LogP) is 4.18. The second-order valence-corrected chi connectivity index (χ2v) is 6.00. The molecule has 1 aliphatic heterocycles. The summed E-state index contributed by atoms with van der Waals surface area (Å²) in [5, 5.41) is 4.25. The molecule has 1 N–H and O–H groups in total. The van der Waals surface area contributed by atoms with Crippen molar-refractivity contribution in [1.82, 2.24) is 5.32 Å². The third-order valence-corrected chi connectivity index (χ3v) is 4.27. The van der Waals surface area contributed by atoms with Gasteiger partial charge in [-0.25, -0.2) is 0 Å². The third kappa shape index (κ3) is 3.47. The Morgan fingerprint density at radius 2 is 2.33 bits per heavy atom.